The summed E-state index contributed by atoms with van der Waals surface area (Å²) in [4.78, 5) is 16.6. The zero-order valence-electron chi connectivity index (χ0n) is 12.6. The first-order valence-corrected chi connectivity index (χ1v) is 7.59. The first kappa shape index (κ1) is 14.8. The minimum atomic E-state index is -0.743. The molecule has 0 unspecified atom stereocenters. The van der Waals surface area contributed by atoms with Gasteiger partial charge in [-0.1, -0.05) is 12.8 Å². The molecule has 2 fully saturated rings. The summed E-state index contributed by atoms with van der Waals surface area (Å²) >= 11 is 0. The van der Waals surface area contributed by atoms with Crippen molar-refractivity contribution in [3.8, 4) is 0 Å². The number of hydrogen-bond acceptors (Lipinski definition) is 3. The van der Waals surface area contributed by atoms with Crippen LogP contribution in [0.2, 0.25) is 0 Å². The summed E-state index contributed by atoms with van der Waals surface area (Å²) in [5.74, 6) is 0.251. The predicted molar refractivity (Wildman–Crippen MR) is 75.9 cm³/mol. The average Bonchev–Trinajstić information content (AvgIpc) is 2.90. The molecule has 1 N–H and O–H groups in total. The van der Waals surface area contributed by atoms with E-state index in [2.05, 4.69) is 4.90 Å². The zero-order chi connectivity index (χ0) is 14.0. The molecule has 0 bridgehead atoms. The molecular weight excluding hydrogens is 240 g/mol. The maximum absolute atomic E-state index is 12.5. The second-order valence-electron chi connectivity index (χ2n) is 6.96. The van der Waals surface area contributed by atoms with Crippen LogP contribution in [0.15, 0.2) is 0 Å². The quantitative estimate of drug-likeness (QED) is 0.796. The van der Waals surface area contributed by atoms with Crippen molar-refractivity contribution in [2.45, 2.75) is 70.1 Å². The van der Waals surface area contributed by atoms with E-state index in [1.54, 1.807) is 13.8 Å². The largest absolute Gasteiger partial charge is 0.389 e. The van der Waals surface area contributed by atoms with Crippen LogP contribution in [0, 0.1) is 0 Å². The Bertz CT molecular complexity index is 315. The zero-order valence-corrected chi connectivity index (χ0v) is 12.6. The highest BCUT2D eigenvalue weighted by atomic mass is 16.3. The summed E-state index contributed by atoms with van der Waals surface area (Å²) in [6.45, 7) is 4.52. The third-order valence-corrected chi connectivity index (χ3v) is 4.01. The lowest BCUT2D eigenvalue weighted by Crippen LogP contribution is -2.47. The van der Waals surface area contributed by atoms with Gasteiger partial charge >= 0.3 is 0 Å². The molecule has 0 aromatic carbocycles. The summed E-state index contributed by atoms with van der Waals surface area (Å²) in [5.41, 5.74) is -0.743. The maximum atomic E-state index is 12.5. The van der Waals surface area contributed by atoms with Crippen molar-refractivity contribution in [1.82, 2.24) is 9.80 Å². The lowest BCUT2D eigenvalue weighted by molar-refractivity contribution is -0.135. The molecule has 0 aliphatic heterocycles. The van der Waals surface area contributed by atoms with Crippen molar-refractivity contribution in [2.24, 2.45) is 0 Å². The second-order valence-corrected chi connectivity index (χ2v) is 6.96. The van der Waals surface area contributed by atoms with E-state index in [-0.39, 0.29) is 5.91 Å². The van der Waals surface area contributed by atoms with Gasteiger partial charge in [-0.3, -0.25) is 9.69 Å². The van der Waals surface area contributed by atoms with Crippen LogP contribution in [-0.2, 0) is 4.79 Å². The number of rotatable bonds is 6. The topological polar surface area (TPSA) is 43.8 Å². The molecule has 0 atom stereocenters. The smallest absolute Gasteiger partial charge is 0.237 e. The number of amides is 1. The summed E-state index contributed by atoms with van der Waals surface area (Å²) in [7, 11) is 1.91. The molecule has 2 aliphatic rings. The van der Waals surface area contributed by atoms with E-state index < -0.39 is 5.60 Å². The fourth-order valence-electron chi connectivity index (χ4n) is 3.27. The Hall–Kier alpha value is -0.610. The number of aliphatic hydroxyl groups is 1. The molecule has 1 amide bonds. The summed E-state index contributed by atoms with van der Waals surface area (Å²) in [6, 6.07) is 0.988. The first-order chi connectivity index (χ1) is 8.87. The molecular formula is C15H28N2O2. The first-order valence-electron chi connectivity index (χ1n) is 7.59. The van der Waals surface area contributed by atoms with Gasteiger partial charge in [0.05, 0.1) is 12.1 Å². The average molecular weight is 268 g/mol. The Balaban J connectivity index is 1.88. The molecule has 4 nitrogen and oxygen atoms in total. The van der Waals surface area contributed by atoms with Gasteiger partial charge < -0.3 is 10.0 Å². The summed E-state index contributed by atoms with van der Waals surface area (Å²) < 4.78 is 0. The lowest BCUT2D eigenvalue weighted by Gasteiger charge is -2.32. The van der Waals surface area contributed by atoms with Crippen LogP contribution in [0.1, 0.15) is 52.4 Å². The van der Waals surface area contributed by atoms with Crippen LogP contribution < -0.4 is 0 Å². The molecule has 0 saturated heterocycles. The van der Waals surface area contributed by atoms with Crippen molar-refractivity contribution >= 4 is 5.91 Å². The fraction of sp³-hybridized carbons (Fsp3) is 0.933. The van der Waals surface area contributed by atoms with Crippen LogP contribution in [0.3, 0.4) is 0 Å². The van der Waals surface area contributed by atoms with Gasteiger partial charge in [0.15, 0.2) is 0 Å². The SMILES string of the molecule is CN(CC(=O)N(C1CCCC1)C1CC1)CC(C)(C)O. The summed E-state index contributed by atoms with van der Waals surface area (Å²) in [6.07, 6.45) is 7.24. The van der Waals surface area contributed by atoms with Crippen LogP contribution in [0.5, 0.6) is 0 Å². The molecule has 4 heteroatoms. The Morgan fingerprint density at radius 2 is 1.68 bits per heavy atom. The van der Waals surface area contributed by atoms with Gasteiger partial charge in [0.25, 0.3) is 0 Å². The molecule has 0 aromatic heterocycles. The Kier molecular flexibility index (Phi) is 4.51. The fourth-order valence-corrected chi connectivity index (χ4v) is 3.27. The minimum Gasteiger partial charge on any atom is -0.389 e. The summed E-state index contributed by atoms with van der Waals surface area (Å²) in [5, 5.41) is 9.81. The van der Waals surface area contributed by atoms with Gasteiger partial charge in [0.2, 0.25) is 5.91 Å². The monoisotopic (exact) mass is 268 g/mol. The van der Waals surface area contributed by atoms with E-state index in [1.165, 1.54) is 38.5 Å². The third-order valence-electron chi connectivity index (χ3n) is 4.01. The van der Waals surface area contributed by atoms with E-state index in [1.807, 2.05) is 11.9 Å². The maximum Gasteiger partial charge on any atom is 0.237 e. The molecule has 0 aromatic rings. The van der Waals surface area contributed by atoms with Crippen LogP contribution >= 0.6 is 0 Å². The van der Waals surface area contributed by atoms with E-state index >= 15 is 0 Å². The van der Waals surface area contributed by atoms with Gasteiger partial charge in [0.1, 0.15) is 0 Å². The molecule has 2 saturated carbocycles. The van der Waals surface area contributed by atoms with Crippen molar-refractivity contribution in [3.63, 3.8) is 0 Å². The van der Waals surface area contributed by atoms with Gasteiger partial charge in [-0.2, -0.15) is 0 Å². The van der Waals surface area contributed by atoms with Crippen molar-refractivity contribution in [3.05, 3.63) is 0 Å². The van der Waals surface area contributed by atoms with Crippen molar-refractivity contribution in [1.29, 1.82) is 0 Å². The predicted octanol–water partition coefficient (Wildman–Crippen LogP) is 1.62. The van der Waals surface area contributed by atoms with Crippen molar-refractivity contribution < 1.29 is 9.90 Å². The van der Waals surface area contributed by atoms with Gasteiger partial charge in [0, 0.05) is 18.6 Å². The molecule has 0 spiro atoms. The molecule has 0 heterocycles. The molecule has 2 rings (SSSR count). The third kappa shape index (κ3) is 4.46. The van der Waals surface area contributed by atoms with E-state index in [0.717, 1.165) is 0 Å². The Morgan fingerprint density at radius 3 is 2.16 bits per heavy atom. The Morgan fingerprint density at radius 1 is 1.16 bits per heavy atom. The molecule has 2 aliphatic carbocycles. The van der Waals surface area contributed by atoms with Crippen LogP contribution in [0.4, 0.5) is 0 Å². The molecule has 19 heavy (non-hydrogen) atoms. The number of carbonyl (C=O) groups excluding carboxylic acids is 1. The van der Waals surface area contributed by atoms with Gasteiger partial charge in [-0.25, -0.2) is 0 Å². The van der Waals surface area contributed by atoms with Crippen LogP contribution in [0.25, 0.3) is 0 Å². The number of nitrogens with zero attached hydrogens (tertiary/aromatic N) is 2. The highest BCUT2D eigenvalue weighted by Crippen LogP contribution is 2.34. The number of hydrogen-bond donors (Lipinski definition) is 1. The minimum absolute atomic E-state index is 0.251. The van der Waals surface area contributed by atoms with Crippen LogP contribution in [-0.4, -0.2) is 58.6 Å². The second kappa shape index (κ2) is 5.80. The van der Waals surface area contributed by atoms with Gasteiger partial charge in [-0.05, 0) is 46.6 Å². The lowest BCUT2D eigenvalue weighted by atomic mass is 10.1. The number of likely N-dealkylation sites (N-methyl/N-ethyl adjacent to an activating group) is 1. The normalized spacial score (nSPS) is 21.1. The standard InChI is InChI=1S/C15H28N2O2/c1-15(2,19)11-16(3)10-14(18)17(13-8-9-13)12-6-4-5-7-12/h12-13,19H,4-11H2,1-3H3. The highest BCUT2D eigenvalue weighted by Gasteiger charge is 2.38. The van der Waals surface area contributed by atoms with Gasteiger partial charge in [-0.15, -0.1) is 0 Å². The number of carbonyl (C=O) groups is 1. The van der Waals surface area contributed by atoms with E-state index in [9.17, 15) is 9.90 Å². The van der Waals surface area contributed by atoms with Crippen molar-refractivity contribution in [2.75, 3.05) is 20.1 Å². The molecule has 110 valence electrons. The van der Waals surface area contributed by atoms with E-state index in [4.69, 9.17) is 0 Å². The molecule has 0 radical (unpaired) electrons. The van der Waals surface area contributed by atoms with E-state index in [0.29, 0.717) is 25.2 Å². The highest BCUT2D eigenvalue weighted by molar-refractivity contribution is 5.79. The Labute approximate surface area is 116 Å².